The van der Waals surface area contributed by atoms with Crippen LogP contribution < -0.4 is 0 Å². The standard InChI is InChI=1S/C21H19Cl2FN2O3S/c22-17-10-18(23)12-19(11-17)30(28,29)26-7-5-16(6-8-26)21(27)4-3-15-2-1-14(13-25)9-20(15)24/h1-2,9-12,16H,3-8H2. The van der Waals surface area contributed by atoms with E-state index in [0.29, 0.717) is 18.4 Å². The van der Waals surface area contributed by atoms with Gasteiger partial charge in [0.05, 0.1) is 16.5 Å². The van der Waals surface area contributed by atoms with Crippen LogP contribution in [-0.4, -0.2) is 31.6 Å². The van der Waals surface area contributed by atoms with Gasteiger partial charge >= 0.3 is 0 Å². The maximum Gasteiger partial charge on any atom is 0.243 e. The summed E-state index contributed by atoms with van der Waals surface area (Å²) in [6.07, 6.45) is 1.23. The van der Waals surface area contributed by atoms with Gasteiger partial charge < -0.3 is 0 Å². The summed E-state index contributed by atoms with van der Waals surface area (Å²) in [7, 11) is -3.75. The van der Waals surface area contributed by atoms with Crippen LogP contribution in [0.1, 0.15) is 30.4 Å². The van der Waals surface area contributed by atoms with Crippen molar-refractivity contribution < 1.29 is 17.6 Å². The van der Waals surface area contributed by atoms with Gasteiger partial charge in [-0.3, -0.25) is 4.79 Å². The molecule has 158 valence electrons. The molecule has 0 unspecified atom stereocenters. The molecule has 2 aromatic rings. The molecule has 1 aliphatic heterocycles. The highest BCUT2D eigenvalue weighted by Gasteiger charge is 2.32. The first-order valence-electron chi connectivity index (χ1n) is 9.38. The van der Waals surface area contributed by atoms with Crippen LogP contribution in [-0.2, 0) is 21.2 Å². The number of nitrogens with zero attached hydrogens (tertiary/aromatic N) is 2. The fourth-order valence-electron chi connectivity index (χ4n) is 3.53. The summed E-state index contributed by atoms with van der Waals surface area (Å²) in [4.78, 5) is 12.6. The molecule has 0 aromatic heterocycles. The van der Waals surface area contributed by atoms with Gasteiger partial charge in [0.1, 0.15) is 11.6 Å². The minimum atomic E-state index is -3.75. The molecule has 1 aliphatic rings. The number of sulfonamides is 1. The fourth-order valence-corrected chi connectivity index (χ4v) is 5.72. The second kappa shape index (κ2) is 9.44. The number of benzene rings is 2. The Bertz CT molecular complexity index is 1090. The van der Waals surface area contributed by atoms with E-state index in [-0.39, 0.29) is 58.1 Å². The first-order valence-corrected chi connectivity index (χ1v) is 11.6. The second-order valence-corrected chi connectivity index (χ2v) is 9.98. The molecule has 0 atom stereocenters. The monoisotopic (exact) mass is 468 g/mol. The van der Waals surface area contributed by atoms with E-state index < -0.39 is 15.8 Å². The molecule has 3 rings (SSSR count). The Balaban J connectivity index is 1.58. The van der Waals surface area contributed by atoms with Crippen molar-refractivity contribution in [3.05, 3.63) is 63.4 Å². The Labute approximate surface area is 185 Å². The van der Waals surface area contributed by atoms with E-state index in [1.54, 1.807) is 0 Å². The van der Waals surface area contributed by atoms with Gasteiger partial charge in [0, 0.05) is 35.5 Å². The summed E-state index contributed by atoms with van der Waals surface area (Å²) in [6.45, 7) is 0.433. The van der Waals surface area contributed by atoms with Gasteiger partial charge in [0.15, 0.2) is 0 Å². The Hall–Kier alpha value is -1.98. The zero-order valence-electron chi connectivity index (χ0n) is 15.9. The van der Waals surface area contributed by atoms with E-state index in [1.807, 2.05) is 6.07 Å². The summed E-state index contributed by atoms with van der Waals surface area (Å²) in [5.74, 6) is -0.773. The maximum absolute atomic E-state index is 14.0. The molecule has 2 aromatic carbocycles. The van der Waals surface area contributed by atoms with E-state index in [4.69, 9.17) is 28.5 Å². The van der Waals surface area contributed by atoms with Crippen molar-refractivity contribution >= 4 is 39.0 Å². The summed E-state index contributed by atoms with van der Waals surface area (Å²) in [6, 6.07) is 10.2. The molecule has 0 bridgehead atoms. The molecular weight excluding hydrogens is 450 g/mol. The fraction of sp³-hybridized carbons (Fsp3) is 0.333. The number of piperidine rings is 1. The van der Waals surface area contributed by atoms with Crippen LogP contribution in [0.4, 0.5) is 4.39 Å². The minimum Gasteiger partial charge on any atom is -0.299 e. The summed E-state index contributed by atoms with van der Waals surface area (Å²) in [5, 5.41) is 9.26. The van der Waals surface area contributed by atoms with Gasteiger partial charge in [-0.25, -0.2) is 12.8 Å². The van der Waals surface area contributed by atoms with E-state index in [1.165, 1.54) is 34.6 Å². The van der Waals surface area contributed by atoms with Gasteiger partial charge in [-0.2, -0.15) is 9.57 Å². The van der Waals surface area contributed by atoms with Crippen molar-refractivity contribution in [3.63, 3.8) is 0 Å². The topological polar surface area (TPSA) is 78.2 Å². The number of carbonyl (C=O) groups excluding carboxylic acids is 1. The molecule has 5 nitrogen and oxygen atoms in total. The second-order valence-electron chi connectivity index (χ2n) is 7.17. The predicted molar refractivity (Wildman–Crippen MR) is 112 cm³/mol. The number of rotatable bonds is 6. The van der Waals surface area contributed by atoms with Crippen molar-refractivity contribution in [2.75, 3.05) is 13.1 Å². The SMILES string of the molecule is N#Cc1ccc(CCC(=O)C2CCN(S(=O)(=O)c3cc(Cl)cc(Cl)c3)CC2)c(F)c1. The number of hydrogen-bond acceptors (Lipinski definition) is 4. The van der Waals surface area contributed by atoms with E-state index >= 15 is 0 Å². The molecule has 0 N–H and O–H groups in total. The first-order chi connectivity index (χ1) is 14.2. The van der Waals surface area contributed by atoms with Crippen molar-refractivity contribution in [2.45, 2.75) is 30.6 Å². The third kappa shape index (κ3) is 5.19. The number of Topliss-reactive ketones (excluding diaryl/α,β-unsaturated/α-hetero) is 1. The number of aryl methyl sites for hydroxylation is 1. The highest BCUT2D eigenvalue weighted by molar-refractivity contribution is 7.89. The quantitative estimate of drug-likeness (QED) is 0.619. The Morgan fingerprint density at radius 2 is 1.77 bits per heavy atom. The molecule has 9 heteroatoms. The van der Waals surface area contributed by atoms with Crippen LogP contribution in [0.2, 0.25) is 10.0 Å². The maximum atomic E-state index is 14.0. The van der Waals surface area contributed by atoms with Crippen LogP contribution >= 0.6 is 23.2 Å². The largest absolute Gasteiger partial charge is 0.299 e. The number of ketones is 1. The average Bonchev–Trinajstić information content (AvgIpc) is 2.72. The van der Waals surface area contributed by atoms with Crippen LogP contribution in [0.3, 0.4) is 0 Å². The Morgan fingerprint density at radius 3 is 2.33 bits per heavy atom. The molecule has 0 aliphatic carbocycles. The van der Waals surface area contributed by atoms with Crippen LogP contribution in [0.15, 0.2) is 41.3 Å². The van der Waals surface area contributed by atoms with Gasteiger partial charge in [0.2, 0.25) is 10.0 Å². The molecule has 30 heavy (non-hydrogen) atoms. The van der Waals surface area contributed by atoms with E-state index in [9.17, 15) is 17.6 Å². The molecule has 0 spiro atoms. The van der Waals surface area contributed by atoms with Gasteiger partial charge in [-0.15, -0.1) is 0 Å². The van der Waals surface area contributed by atoms with Crippen molar-refractivity contribution in [1.82, 2.24) is 4.31 Å². The zero-order chi connectivity index (χ0) is 21.9. The summed E-state index contributed by atoms with van der Waals surface area (Å²) < 4.78 is 41.0. The number of nitriles is 1. The number of halogens is 3. The Morgan fingerprint density at radius 1 is 1.13 bits per heavy atom. The molecule has 0 amide bonds. The highest BCUT2D eigenvalue weighted by Crippen LogP contribution is 2.29. The number of hydrogen-bond donors (Lipinski definition) is 0. The Kier molecular flexibility index (Phi) is 7.14. The summed E-state index contributed by atoms with van der Waals surface area (Å²) >= 11 is 11.8. The number of carbonyl (C=O) groups is 1. The lowest BCUT2D eigenvalue weighted by molar-refractivity contribution is -0.123. The predicted octanol–water partition coefficient (Wildman–Crippen LogP) is 4.61. The zero-order valence-corrected chi connectivity index (χ0v) is 18.3. The molecular formula is C21H19Cl2FN2O3S. The highest BCUT2D eigenvalue weighted by atomic mass is 35.5. The van der Waals surface area contributed by atoms with Crippen molar-refractivity contribution in [1.29, 1.82) is 5.26 Å². The third-order valence-corrected chi connectivity index (χ3v) is 7.52. The van der Waals surface area contributed by atoms with E-state index in [0.717, 1.165) is 6.07 Å². The van der Waals surface area contributed by atoms with Gasteiger partial charge in [-0.05, 0) is 55.2 Å². The van der Waals surface area contributed by atoms with Gasteiger partial charge in [-0.1, -0.05) is 29.3 Å². The van der Waals surface area contributed by atoms with Crippen LogP contribution in [0, 0.1) is 23.1 Å². The van der Waals surface area contributed by atoms with Crippen LogP contribution in [0.25, 0.3) is 0 Å². The molecule has 1 saturated heterocycles. The smallest absolute Gasteiger partial charge is 0.243 e. The lowest BCUT2D eigenvalue weighted by Crippen LogP contribution is -2.40. The molecule has 1 heterocycles. The van der Waals surface area contributed by atoms with E-state index in [2.05, 4.69) is 0 Å². The van der Waals surface area contributed by atoms with Crippen LogP contribution in [0.5, 0.6) is 0 Å². The van der Waals surface area contributed by atoms with Gasteiger partial charge in [0.25, 0.3) is 0 Å². The van der Waals surface area contributed by atoms with Crippen molar-refractivity contribution in [2.24, 2.45) is 5.92 Å². The molecule has 0 radical (unpaired) electrons. The third-order valence-electron chi connectivity index (χ3n) is 5.21. The summed E-state index contributed by atoms with van der Waals surface area (Å²) in [5.41, 5.74) is 0.623. The lowest BCUT2D eigenvalue weighted by atomic mass is 9.90. The minimum absolute atomic E-state index is 0.0124. The molecule has 0 saturated carbocycles. The lowest BCUT2D eigenvalue weighted by Gasteiger charge is -2.30. The first kappa shape index (κ1) is 22.7. The van der Waals surface area contributed by atoms with Crippen molar-refractivity contribution in [3.8, 4) is 6.07 Å². The normalized spacial score (nSPS) is 15.7. The average molecular weight is 469 g/mol. The molecule has 1 fully saturated rings.